The molecule has 6 heteroatoms. The first kappa shape index (κ1) is 21.6. The lowest BCUT2D eigenvalue weighted by molar-refractivity contribution is -0.126. The number of rotatable bonds is 6. The van der Waals surface area contributed by atoms with E-state index in [-0.39, 0.29) is 17.7 Å². The molecule has 3 heterocycles. The number of nitrogens with one attached hydrogen (secondary N) is 1. The summed E-state index contributed by atoms with van der Waals surface area (Å²) in [5.74, 6) is 0.825. The molecule has 2 aliphatic heterocycles. The Morgan fingerprint density at radius 1 is 1.03 bits per heavy atom. The maximum Gasteiger partial charge on any atom is 0.289 e. The number of furan rings is 1. The van der Waals surface area contributed by atoms with Gasteiger partial charge in [0.2, 0.25) is 5.91 Å². The lowest BCUT2D eigenvalue weighted by atomic mass is 9.96. The van der Waals surface area contributed by atoms with E-state index in [1.54, 1.807) is 17.0 Å². The molecule has 0 aliphatic carbocycles. The van der Waals surface area contributed by atoms with E-state index in [9.17, 15) is 9.59 Å². The van der Waals surface area contributed by atoms with Gasteiger partial charge in [-0.05, 0) is 61.4 Å². The van der Waals surface area contributed by atoms with Crippen LogP contribution in [0.4, 0.5) is 0 Å². The van der Waals surface area contributed by atoms with Crippen LogP contribution in [0.3, 0.4) is 0 Å². The summed E-state index contributed by atoms with van der Waals surface area (Å²) in [6.45, 7) is 7.32. The minimum Gasteiger partial charge on any atom is -0.459 e. The summed E-state index contributed by atoms with van der Waals surface area (Å²) < 4.78 is 5.22. The minimum atomic E-state index is -0.173. The lowest BCUT2D eigenvalue weighted by Gasteiger charge is -2.31. The van der Waals surface area contributed by atoms with Crippen molar-refractivity contribution in [2.24, 2.45) is 11.8 Å². The molecular weight excluding hydrogens is 390 g/mol. The van der Waals surface area contributed by atoms with Gasteiger partial charge in [0.25, 0.3) is 5.91 Å². The lowest BCUT2D eigenvalue weighted by Crippen LogP contribution is -2.45. The zero-order valence-corrected chi connectivity index (χ0v) is 18.4. The second kappa shape index (κ2) is 10.1. The Balaban J connectivity index is 1.25. The predicted octanol–water partition coefficient (Wildman–Crippen LogP) is 3.68. The van der Waals surface area contributed by atoms with Crippen molar-refractivity contribution in [3.05, 3.63) is 59.5 Å². The first-order valence-corrected chi connectivity index (χ1v) is 11.5. The average Bonchev–Trinajstić information content (AvgIpc) is 3.33. The quantitative estimate of drug-likeness (QED) is 0.770. The van der Waals surface area contributed by atoms with Gasteiger partial charge in [-0.15, -0.1) is 0 Å². The van der Waals surface area contributed by atoms with Gasteiger partial charge in [-0.1, -0.05) is 31.2 Å². The minimum absolute atomic E-state index is 0.0170. The fraction of sp³-hybridized carbons (Fsp3) is 0.520. The summed E-state index contributed by atoms with van der Waals surface area (Å²) in [6, 6.07) is 11.9. The Morgan fingerprint density at radius 3 is 2.55 bits per heavy atom. The molecule has 0 radical (unpaired) electrons. The molecule has 1 N–H and O–H groups in total. The molecule has 2 unspecified atom stereocenters. The van der Waals surface area contributed by atoms with Gasteiger partial charge in [0.05, 0.1) is 12.2 Å². The summed E-state index contributed by atoms with van der Waals surface area (Å²) >= 11 is 0. The molecule has 0 spiro atoms. The summed E-state index contributed by atoms with van der Waals surface area (Å²) in [5.41, 5.74) is 2.42. The van der Waals surface area contributed by atoms with Crippen molar-refractivity contribution in [3.63, 3.8) is 0 Å². The van der Waals surface area contributed by atoms with Crippen molar-refractivity contribution >= 4 is 11.8 Å². The highest BCUT2D eigenvalue weighted by atomic mass is 16.3. The maximum absolute atomic E-state index is 12.7. The maximum atomic E-state index is 12.7. The SMILES string of the molecule is CC1CCCN(Cc2ccc(CNC(=O)C3CCCN(C(=O)c4ccco4)C3)cc2)C1. The topological polar surface area (TPSA) is 65.8 Å². The van der Waals surface area contributed by atoms with Gasteiger partial charge in [0, 0.05) is 32.7 Å². The van der Waals surface area contributed by atoms with Crippen LogP contribution < -0.4 is 5.32 Å². The predicted molar refractivity (Wildman–Crippen MR) is 119 cm³/mol. The van der Waals surface area contributed by atoms with E-state index in [4.69, 9.17) is 4.42 Å². The van der Waals surface area contributed by atoms with E-state index < -0.39 is 0 Å². The van der Waals surface area contributed by atoms with Gasteiger partial charge in [-0.3, -0.25) is 14.5 Å². The molecule has 0 bridgehead atoms. The van der Waals surface area contributed by atoms with E-state index in [2.05, 4.69) is 41.4 Å². The fourth-order valence-corrected chi connectivity index (χ4v) is 4.72. The number of piperidine rings is 2. The van der Waals surface area contributed by atoms with Gasteiger partial charge in [-0.2, -0.15) is 0 Å². The van der Waals surface area contributed by atoms with E-state index in [1.165, 1.54) is 37.8 Å². The Bertz CT molecular complexity index is 863. The zero-order valence-electron chi connectivity index (χ0n) is 18.4. The number of carbonyl (C=O) groups is 2. The number of benzene rings is 1. The number of carbonyl (C=O) groups excluding carboxylic acids is 2. The fourth-order valence-electron chi connectivity index (χ4n) is 4.72. The average molecular weight is 424 g/mol. The Hall–Kier alpha value is -2.60. The second-order valence-electron chi connectivity index (χ2n) is 9.08. The van der Waals surface area contributed by atoms with Crippen LogP contribution >= 0.6 is 0 Å². The molecule has 1 aromatic heterocycles. The molecule has 2 fully saturated rings. The van der Waals surface area contributed by atoms with Crippen molar-refractivity contribution in [2.75, 3.05) is 26.2 Å². The molecule has 6 nitrogen and oxygen atoms in total. The summed E-state index contributed by atoms with van der Waals surface area (Å²) in [7, 11) is 0. The molecular formula is C25H33N3O3. The molecule has 2 atom stereocenters. The van der Waals surface area contributed by atoms with Crippen LogP contribution in [0, 0.1) is 11.8 Å². The normalized spacial score (nSPS) is 22.3. The van der Waals surface area contributed by atoms with Gasteiger partial charge < -0.3 is 14.6 Å². The van der Waals surface area contributed by atoms with Crippen LogP contribution in [-0.4, -0.2) is 47.8 Å². The van der Waals surface area contributed by atoms with E-state index in [0.717, 1.165) is 30.9 Å². The van der Waals surface area contributed by atoms with Crippen LogP contribution in [0.25, 0.3) is 0 Å². The van der Waals surface area contributed by atoms with Gasteiger partial charge in [-0.25, -0.2) is 0 Å². The Morgan fingerprint density at radius 2 is 1.81 bits per heavy atom. The van der Waals surface area contributed by atoms with Crippen LogP contribution in [0.5, 0.6) is 0 Å². The smallest absolute Gasteiger partial charge is 0.289 e. The first-order valence-electron chi connectivity index (χ1n) is 11.5. The third kappa shape index (κ3) is 5.76. The van der Waals surface area contributed by atoms with Crippen LogP contribution in [0.15, 0.2) is 47.1 Å². The second-order valence-corrected chi connectivity index (χ2v) is 9.08. The Labute approximate surface area is 184 Å². The standard InChI is InChI=1S/C25H33N3O3/c1-19-5-2-12-27(16-19)17-21-10-8-20(9-11-21)15-26-24(29)22-6-3-13-28(18-22)25(30)23-7-4-14-31-23/h4,7-11,14,19,22H,2-3,5-6,12-13,15-18H2,1H3,(H,26,29). The largest absolute Gasteiger partial charge is 0.459 e. The van der Waals surface area contributed by atoms with Gasteiger partial charge in [0.15, 0.2) is 5.76 Å². The van der Waals surface area contributed by atoms with Crippen LogP contribution in [0.2, 0.25) is 0 Å². The van der Waals surface area contributed by atoms with Gasteiger partial charge in [0.1, 0.15) is 0 Å². The molecule has 2 aliphatic rings. The summed E-state index contributed by atoms with van der Waals surface area (Å²) in [6.07, 6.45) is 5.76. The van der Waals surface area contributed by atoms with Crippen LogP contribution in [0.1, 0.15) is 54.3 Å². The van der Waals surface area contributed by atoms with Gasteiger partial charge >= 0.3 is 0 Å². The molecule has 31 heavy (non-hydrogen) atoms. The number of nitrogens with zero attached hydrogens (tertiary/aromatic N) is 2. The molecule has 2 amide bonds. The monoisotopic (exact) mass is 423 g/mol. The summed E-state index contributed by atoms with van der Waals surface area (Å²) in [5, 5.41) is 3.06. The number of likely N-dealkylation sites (tertiary alicyclic amines) is 2. The molecule has 2 aromatic rings. The van der Waals surface area contributed by atoms with E-state index in [1.807, 2.05) is 0 Å². The van der Waals surface area contributed by atoms with Crippen molar-refractivity contribution < 1.29 is 14.0 Å². The number of hydrogen-bond donors (Lipinski definition) is 1. The molecule has 2 saturated heterocycles. The van der Waals surface area contributed by atoms with Crippen LogP contribution in [-0.2, 0) is 17.9 Å². The Kier molecular flexibility index (Phi) is 7.07. The molecule has 1 aromatic carbocycles. The molecule has 4 rings (SSSR count). The first-order chi connectivity index (χ1) is 15.1. The highest BCUT2D eigenvalue weighted by Gasteiger charge is 2.29. The van der Waals surface area contributed by atoms with Crippen molar-refractivity contribution in [2.45, 2.75) is 45.7 Å². The summed E-state index contributed by atoms with van der Waals surface area (Å²) in [4.78, 5) is 29.5. The number of hydrogen-bond acceptors (Lipinski definition) is 4. The van der Waals surface area contributed by atoms with Crippen molar-refractivity contribution in [3.8, 4) is 0 Å². The van der Waals surface area contributed by atoms with Crippen molar-refractivity contribution in [1.82, 2.24) is 15.1 Å². The third-order valence-corrected chi connectivity index (χ3v) is 6.45. The van der Waals surface area contributed by atoms with E-state index in [0.29, 0.717) is 25.4 Å². The highest BCUT2D eigenvalue weighted by Crippen LogP contribution is 2.20. The number of amides is 2. The van der Waals surface area contributed by atoms with E-state index >= 15 is 0 Å². The zero-order chi connectivity index (χ0) is 21.6. The van der Waals surface area contributed by atoms with Crippen molar-refractivity contribution in [1.29, 1.82) is 0 Å². The third-order valence-electron chi connectivity index (χ3n) is 6.45. The molecule has 166 valence electrons. The highest BCUT2D eigenvalue weighted by molar-refractivity contribution is 5.92. The molecule has 0 saturated carbocycles.